The lowest BCUT2D eigenvalue weighted by Crippen LogP contribution is -2.52. The van der Waals surface area contributed by atoms with Crippen LogP contribution in [0.25, 0.3) is 0 Å². The summed E-state index contributed by atoms with van der Waals surface area (Å²) in [7, 11) is 0. The van der Waals surface area contributed by atoms with Gasteiger partial charge in [-0.05, 0) is 48.7 Å². The molecule has 0 aromatic heterocycles. The summed E-state index contributed by atoms with van der Waals surface area (Å²) < 4.78 is 32.1. The molecule has 1 aliphatic rings. The predicted molar refractivity (Wildman–Crippen MR) is 105 cm³/mol. The van der Waals surface area contributed by atoms with Gasteiger partial charge in [-0.2, -0.15) is 0 Å². The molecule has 4 nitrogen and oxygen atoms in total. The lowest BCUT2D eigenvalue weighted by molar-refractivity contribution is 0.0499. The average molecular weight is 390 g/mol. The van der Waals surface area contributed by atoms with Crippen molar-refractivity contribution in [3.8, 4) is 5.75 Å². The van der Waals surface area contributed by atoms with Crippen LogP contribution in [0.15, 0.2) is 42.5 Å². The highest BCUT2D eigenvalue weighted by atomic mass is 19.2. The topological polar surface area (TPSA) is 35.9 Å². The third-order valence-electron chi connectivity index (χ3n) is 5.16. The zero-order valence-corrected chi connectivity index (χ0v) is 16.3. The number of aliphatic hydroxyl groups excluding tert-OH is 1. The Balaban J connectivity index is 1.60. The van der Waals surface area contributed by atoms with Crippen LogP contribution in [0.5, 0.6) is 5.75 Å². The number of nitrogens with zero attached hydrogens (tertiary/aromatic N) is 2. The van der Waals surface area contributed by atoms with Crippen molar-refractivity contribution in [2.75, 3.05) is 32.8 Å². The minimum Gasteiger partial charge on any atom is -0.494 e. The Morgan fingerprint density at radius 1 is 1.00 bits per heavy atom. The third-order valence-corrected chi connectivity index (χ3v) is 5.16. The van der Waals surface area contributed by atoms with Gasteiger partial charge in [0.05, 0.1) is 6.61 Å². The van der Waals surface area contributed by atoms with Crippen molar-refractivity contribution in [3.05, 3.63) is 65.2 Å². The summed E-state index contributed by atoms with van der Waals surface area (Å²) in [6.07, 6.45) is 0.686. The molecule has 1 heterocycles. The molecule has 2 aromatic rings. The van der Waals surface area contributed by atoms with Gasteiger partial charge in [-0.15, -0.1) is 0 Å². The van der Waals surface area contributed by atoms with Crippen molar-refractivity contribution in [2.24, 2.45) is 0 Å². The lowest BCUT2D eigenvalue weighted by atomic mass is 10.1. The molecule has 3 rings (SSSR count). The van der Waals surface area contributed by atoms with Crippen LogP contribution in [-0.2, 0) is 13.1 Å². The summed E-state index contributed by atoms with van der Waals surface area (Å²) in [5.74, 6) is -0.755. The fourth-order valence-electron chi connectivity index (χ4n) is 3.72. The van der Waals surface area contributed by atoms with E-state index in [4.69, 9.17) is 4.74 Å². The summed E-state index contributed by atoms with van der Waals surface area (Å²) in [4.78, 5) is 4.62. The lowest BCUT2D eigenvalue weighted by Gasteiger charge is -2.41. The van der Waals surface area contributed by atoms with E-state index in [2.05, 4.69) is 21.9 Å². The van der Waals surface area contributed by atoms with Crippen LogP contribution in [0.1, 0.15) is 24.5 Å². The minimum absolute atomic E-state index is 0.128. The molecule has 6 heteroatoms. The molecule has 1 N–H and O–H groups in total. The normalized spacial score (nSPS) is 18.4. The minimum atomic E-state index is -0.818. The Morgan fingerprint density at radius 2 is 1.75 bits per heavy atom. The van der Waals surface area contributed by atoms with Crippen LogP contribution >= 0.6 is 0 Å². The number of benzene rings is 2. The molecule has 0 bridgehead atoms. The maximum absolute atomic E-state index is 13.5. The summed E-state index contributed by atoms with van der Waals surface area (Å²) in [5.41, 5.74) is 1.97. The van der Waals surface area contributed by atoms with E-state index in [1.165, 1.54) is 17.7 Å². The van der Waals surface area contributed by atoms with E-state index in [1.54, 1.807) is 6.07 Å². The first kappa shape index (κ1) is 20.7. The maximum atomic E-state index is 13.5. The number of ether oxygens (including phenoxy) is 1. The highest BCUT2D eigenvalue weighted by Gasteiger charge is 2.26. The van der Waals surface area contributed by atoms with Gasteiger partial charge in [0.1, 0.15) is 5.75 Å². The fourth-order valence-corrected chi connectivity index (χ4v) is 3.72. The molecule has 28 heavy (non-hydrogen) atoms. The summed E-state index contributed by atoms with van der Waals surface area (Å²) in [6.45, 7) is 6.64. The van der Waals surface area contributed by atoms with Crippen molar-refractivity contribution >= 4 is 0 Å². The first-order valence-corrected chi connectivity index (χ1v) is 9.82. The second-order valence-corrected chi connectivity index (χ2v) is 7.20. The molecule has 0 saturated carbocycles. The van der Waals surface area contributed by atoms with Crippen LogP contribution in [0.2, 0.25) is 0 Å². The fraction of sp³-hybridized carbons (Fsp3) is 0.455. The van der Waals surface area contributed by atoms with Crippen LogP contribution in [0.4, 0.5) is 8.78 Å². The Bertz CT molecular complexity index is 755. The Morgan fingerprint density at radius 3 is 2.43 bits per heavy atom. The van der Waals surface area contributed by atoms with Gasteiger partial charge in [-0.3, -0.25) is 9.80 Å². The van der Waals surface area contributed by atoms with E-state index >= 15 is 0 Å². The van der Waals surface area contributed by atoms with Gasteiger partial charge >= 0.3 is 0 Å². The van der Waals surface area contributed by atoms with Crippen LogP contribution < -0.4 is 4.74 Å². The average Bonchev–Trinajstić information content (AvgIpc) is 2.69. The van der Waals surface area contributed by atoms with E-state index in [0.29, 0.717) is 19.6 Å². The summed E-state index contributed by atoms with van der Waals surface area (Å²) in [6, 6.07) is 12.4. The number of piperazine rings is 1. The van der Waals surface area contributed by atoms with E-state index in [1.807, 2.05) is 19.1 Å². The Kier molecular flexibility index (Phi) is 7.36. The molecule has 1 aliphatic heterocycles. The highest BCUT2D eigenvalue weighted by molar-refractivity contribution is 5.27. The molecule has 0 radical (unpaired) electrons. The van der Waals surface area contributed by atoms with Crippen molar-refractivity contribution < 1.29 is 18.6 Å². The number of hydrogen-bond donors (Lipinski definition) is 1. The third kappa shape index (κ3) is 5.50. The van der Waals surface area contributed by atoms with Gasteiger partial charge in [-0.25, -0.2) is 8.78 Å². The first-order valence-electron chi connectivity index (χ1n) is 9.82. The molecular formula is C22H28F2N2O2. The van der Waals surface area contributed by atoms with E-state index in [-0.39, 0.29) is 12.6 Å². The van der Waals surface area contributed by atoms with Gasteiger partial charge in [0, 0.05) is 45.4 Å². The van der Waals surface area contributed by atoms with E-state index in [9.17, 15) is 13.9 Å². The molecule has 0 amide bonds. The molecule has 2 aromatic carbocycles. The molecule has 152 valence electrons. The monoisotopic (exact) mass is 390 g/mol. The molecule has 0 spiro atoms. The molecule has 1 atom stereocenters. The maximum Gasteiger partial charge on any atom is 0.159 e. The smallest absolute Gasteiger partial charge is 0.159 e. The van der Waals surface area contributed by atoms with E-state index < -0.39 is 11.6 Å². The molecule has 0 aliphatic carbocycles. The number of hydrogen-bond acceptors (Lipinski definition) is 4. The van der Waals surface area contributed by atoms with Gasteiger partial charge in [0.2, 0.25) is 0 Å². The zero-order valence-electron chi connectivity index (χ0n) is 16.3. The quantitative estimate of drug-likeness (QED) is 0.749. The van der Waals surface area contributed by atoms with Crippen LogP contribution in [0.3, 0.4) is 0 Å². The predicted octanol–water partition coefficient (Wildman–Crippen LogP) is 3.43. The van der Waals surface area contributed by atoms with Crippen molar-refractivity contribution in [3.63, 3.8) is 0 Å². The SMILES string of the molecule is CCOc1ccc(CN2CCN(Cc3ccc(F)c(F)c3)CC2CCO)cc1. The van der Waals surface area contributed by atoms with E-state index in [0.717, 1.165) is 37.5 Å². The second-order valence-electron chi connectivity index (χ2n) is 7.20. The summed E-state index contributed by atoms with van der Waals surface area (Å²) >= 11 is 0. The largest absolute Gasteiger partial charge is 0.494 e. The van der Waals surface area contributed by atoms with Crippen molar-refractivity contribution in [1.29, 1.82) is 0 Å². The zero-order chi connectivity index (χ0) is 19.9. The van der Waals surface area contributed by atoms with Crippen molar-refractivity contribution in [1.82, 2.24) is 9.80 Å². The molecule has 1 saturated heterocycles. The molecule has 1 unspecified atom stereocenters. The number of aliphatic hydroxyl groups is 1. The van der Waals surface area contributed by atoms with Crippen LogP contribution in [0, 0.1) is 11.6 Å². The second kappa shape index (κ2) is 9.96. The standard InChI is InChI=1S/C22H28F2N2O2/c1-2-28-20-6-3-17(4-7-20)15-26-11-10-25(16-19(26)9-12-27)14-18-5-8-21(23)22(24)13-18/h3-8,13,19,27H,2,9-12,14-16H2,1H3. The van der Waals surface area contributed by atoms with Gasteiger partial charge in [0.15, 0.2) is 11.6 Å². The Hall–Kier alpha value is -2.02. The highest BCUT2D eigenvalue weighted by Crippen LogP contribution is 2.20. The number of rotatable bonds is 8. The van der Waals surface area contributed by atoms with Gasteiger partial charge in [0.25, 0.3) is 0 Å². The van der Waals surface area contributed by atoms with Crippen molar-refractivity contribution in [2.45, 2.75) is 32.5 Å². The van der Waals surface area contributed by atoms with Crippen LogP contribution in [-0.4, -0.2) is 53.8 Å². The summed E-state index contributed by atoms with van der Waals surface area (Å²) in [5, 5.41) is 9.49. The number of halogens is 2. The molecule has 1 fully saturated rings. The van der Waals surface area contributed by atoms with Gasteiger partial charge < -0.3 is 9.84 Å². The molecular weight excluding hydrogens is 362 g/mol. The Labute approximate surface area is 165 Å². The first-order chi connectivity index (χ1) is 13.6. The van der Waals surface area contributed by atoms with Gasteiger partial charge in [-0.1, -0.05) is 18.2 Å².